The van der Waals surface area contributed by atoms with E-state index in [2.05, 4.69) is 24.6 Å². The standard InChI is InChI=1S/C21H19FN6O7S/c22-18-7-14(28-11-16(34-21(28)29)10-27-6-5-24-26-27)2-3-17(18)13-1-4-19(23-9-13)20-8-15(35-25-20)12-33-36(30,31)32/h1-7,9,15-16H,8,10-12H2,(H,30,31,32)/t15-,16-/m0/s1. The van der Waals surface area contributed by atoms with Crippen molar-refractivity contribution in [1.29, 1.82) is 0 Å². The first-order valence-corrected chi connectivity index (χ1v) is 12.0. The molecule has 4 heterocycles. The largest absolute Gasteiger partial charge is 0.442 e. The van der Waals surface area contributed by atoms with Gasteiger partial charge in [0.1, 0.15) is 24.2 Å². The summed E-state index contributed by atoms with van der Waals surface area (Å²) in [6, 6.07) is 7.72. The summed E-state index contributed by atoms with van der Waals surface area (Å²) in [5.41, 5.74) is 2.07. The van der Waals surface area contributed by atoms with E-state index in [1.165, 1.54) is 23.4 Å². The Morgan fingerprint density at radius 2 is 2.08 bits per heavy atom. The molecular weight excluding hydrogens is 499 g/mol. The molecule has 188 valence electrons. The van der Waals surface area contributed by atoms with Gasteiger partial charge in [-0.2, -0.15) is 8.42 Å². The number of carbonyl (C=O) groups excluding carboxylic acids is 1. The predicted octanol–water partition coefficient (Wildman–Crippen LogP) is 1.82. The molecule has 36 heavy (non-hydrogen) atoms. The maximum Gasteiger partial charge on any atom is 0.414 e. The first-order chi connectivity index (χ1) is 17.2. The Bertz CT molecular complexity index is 1400. The molecule has 5 rings (SSSR count). The molecule has 1 saturated heterocycles. The van der Waals surface area contributed by atoms with E-state index in [9.17, 15) is 17.6 Å². The second kappa shape index (κ2) is 9.60. The maximum atomic E-state index is 15.0. The summed E-state index contributed by atoms with van der Waals surface area (Å²) in [7, 11) is -4.58. The number of oxime groups is 1. The van der Waals surface area contributed by atoms with Gasteiger partial charge in [-0.15, -0.1) is 5.10 Å². The molecule has 1 aromatic carbocycles. The molecule has 0 aliphatic carbocycles. The van der Waals surface area contributed by atoms with Crippen LogP contribution in [0.1, 0.15) is 12.1 Å². The number of aromatic nitrogens is 4. The third-order valence-corrected chi connectivity index (χ3v) is 5.94. The monoisotopic (exact) mass is 518 g/mol. The summed E-state index contributed by atoms with van der Waals surface area (Å²) in [5.74, 6) is -0.543. The van der Waals surface area contributed by atoms with Crippen LogP contribution in [-0.4, -0.2) is 70.1 Å². The molecule has 2 aliphatic heterocycles. The minimum Gasteiger partial charge on any atom is -0.442 e. The van der Waals surface area contributed by atoms with Crippen molar-refractivity contribution in [2.24, 2.45) is 5.16 Å². The van der Waals surface area contributed by atoms with E-state index in [1.807, 2.05) is 0 Å². The first-order valence-electron chi connectivity index (χ1n) is 10.7. The van der Waals surface area contributed by atoms with Gasteiger partial charge in [-0.25, -0.2) is 18.0 Å². The van der Waals surface area contributed by atoms with Gasteiger partial charge >= 0.3 is 16.5 Å². The number of halogens is 1. The number of ether oxygens (including phenoxy) is 1. The van der Waals surface area contributed by atoms with E-state index in [1.54, 1.807) is 35.1 Å². The summed E-state index contributed by atoms with van der Waals surface area (Å²) >= 11 is 0. The van der Waals surface area contributed by atoms with Crippen LogP contribution in [0.2, 0.25) is 0 Å². The number of cyclic esters (lactones) is 1. The van der Waals surface area contributed by atoms with Gasteiger partial charge in [0, 0.05) is 29.9 Å². The number of nitrogens with zero attached hydrogens (tertiary/aromatic N) is 6. The van der Waals surface area contributed by atoms with E-state index >= 15 is 0 Å². The van der Waals surface area contributed by atoms with E-state index < -0.39 is 41.1 Å². The topological polar surface area (TPSA) is 158 Å². The molecule has 2 aromatic heterocycles. The van der Waals surface area contributed by atoms with Crippen molar-refractivity contribution in [2.75, 3.05) is 18.1 Å². The molecule has 0 unspecified atom stereocenters. The fourth-order valence-electron chi connectivity index (χ4n) is 3.83. The van der Waals surface area contributed by atoms with Crippen LogP contribution in [0.4, 0.5) is 14.9 Å². The average Bonchev–Trinajstić information content (AvgIpc) is 3.59. The van der Waals surface area contributed by atoms with Crippen LogP contribution in [0.3, 0.4) is 0 Å². The van der Waals surface area contributed by atoms with Crippen molar-refractivity contribution in [3.05, 3.63) is 60.4 Å². The number of hydrogen-bond acceptors (Lipinski definition) is 10. The first kappa shape index (κ1) is 23.8. The molecule has 15 heteroatoms. The zero-order valence-electron chi connectivity index (χ0n) is 18.5. The molecule has 2 aliphatic rings. The lowest BCUT2D eigenvalue weighted by atomic mass is 10.0. The number of anilines is 1. The van der Waals surface area contributed by atoms with Gasteiger partial charge in [0.25, 0.3) is 0 Å². The highest BCUT2D eigenvalue weighted by molar-refractivity contribution is 7.80. The molecule has 0 bridgehead atoms. The predicted molar refractivity (Wildman–Crippen MR) is 121 cm³/mol. The molecular formula is C21H19FN6O7S. The van der Waals surface area contributed by atoms with Crippen LogP contribution in [0.5, 0.6) is 0 Å². The van der Waals surface area contributed by atoms with E-state index in [-0.39, 0.29) is 18.5 Å². The van der Waals surface area contributed by atoms with Crippen molar-refractivity contribution in [3.8, 4) is 11.1 Å². The Hall–Kier alpha value is -3.95. The number of carbonyl (C=O) groups is 1. The molecule has 0 saturated carbocycles. The van der Waals surface area contributed by atoms with Gasteiger partial charge in [0.2, 0.25) is 0 Å². The molecule has 0 radical (unpaired) electrons. The van der Waals surface area contributed by atoms with Gasteiger partial charge in [0.15, 0.2) is 6.10 Å². The quantitative estimate of drug-likeness (QED) is 0.436. The Kier molecular flexibility index (Phi) is 6.34. The zero-order chi connectivity index (χ0) is 25.3. The summed E-state index contributed by atoms with van der Waals surface area (Å²) < 4.78 is 56.2. The van der Waals surface area contributed by atoms with E-state index in [0.29, 0.717) is 29.2 Å². The van der Waals surface area contributed by atoms with Crippen molar-refractivity contribution in [2.45, 2.75) is 25.2 Å². The lowest BCUT2D eigenvalue weighted by Crippen LogP contribution is -2.26. The number of rotatable bonds is 8. The summed E-state index contributed by atoms with van der Waals surface area (Å²) in [6.07, 6.45) is 3.16. The minimum atomic E-state index is -4.58. The highest BCUT2D eigenvalue weighted by Crippen LogP contribution is 2.29. The Labute approximate surface area is 204 Å². The Morgan fingerprint density at radius 3 is 2.78 bits per heavy atom. The summed E-state index contributed by atoms with van der Waals surface area (Å²) in [4.78, 5) is 23.1. The molecule has 2 atom stereocenters. The van der Waals surface area contributed by atoms with Gasteiger partial charge in [-0.1, -0.05) is 16.4 Å². The highest BCUT2D eigenvalue weighted by atomic mass is 32.3. The van der Waals surface area contributed by atoms with Crippen molar-refractivity contribution in [1.82, 2.24) is 20.0 Å². The second-order valence-corrected chi connectivity index (χ2v) is 9.11. The zero-order valence-corrected chi connectivity index (χ0v) is 19.3. The van der Waals surface area contributed by atoms with Gasteiger partial charge in [-0.3, -0.25) is 14.4 Å². The van der Waals surface area contributed by atoms with Crippen molar-refractivity contribution < 1.29 is 35.9 Å². The smallest absolute Gasteiger partial charge is 0.414 e. The lowest BCUT2D eigenvalue weighted by molar-refractivity contribution is 0.0453. The maximum absolute atomic E-state index is 15.0. The van der Waals surface area contributed by atoms with Gasteiger partial charge in [-0.05, 0) is 24.3 Å². The molecule has 0 spiro atoms. The van der Waals surface area contributed by atoms with Crippen LogP contribution in [0.25, 0.3) is 11.1 Å². The molecule has 1 amide bonds. The molecule has 1 N–H and O–H groups in total. The molecule has 13 nitrogen and oxygen atoms in total. The van der Waals surface area contributed by atoms with E-state index in [0.717, 1.165) is 0 Å². The number of pyridine rings is 1. The SMILES string of the molecule is O=C1O[C@@H](Cn2ccnn2)CN1c1ccc(-c2ccc(C3=NO[C@H](COS(=O)(=O)O)C3)nc2)c(F)c1. The number of benzene rings is 1. The average molecular weight is 518 g/mol. The lowest BCUT2D eigenvalue weighted by Gasteiger charge is -2.14. The normalized spacial score (nSPS) is 19.8. The Morgan fingerprint density at radius 1 is 1.22 bits per heavy atom. The summed E-state index contributed by atoms with van der Waals surface area (Å²) in [5, 5.41) is 11.4. The number of hydrogen-bond donors (Lipinski definition) is 1. The van der Waals surface area contributed by atoms with Crippen LogP contribution < -0.4 is 4.90 Å². The van der Waals surface area contributed by atoms with Gasteiger partial charge in [0.05, 0.1) is 30.7 Å². The molecule has 3 aromatic rings. The fraction of sp³-hybridized carbons (Fsp3) is 0.286. The minimum absolute atomic E-state index is 0.217. The fourth-order valence-corrected chi connectivity index (χ4v) is 4.15. The highest BCUT2D eigenvalue weighted by Gasteiger charge is 2.33. The third-order valence-electron chi connectivity index (χ3n) is 5.51. The van der Waals surface area contributed by atoms with Crippen LogP contribution in [0, 0.1) is 5.82 Å². The summed E-state index contributed by atoms with van der Waals surface area (Å²) in [6.45, 7) is 0.187. The van der Waals surface area contributed by atoms with Crippen LogP contribution in [-0.2, 0) is 30.7 Å². The second-order valence-electron chi connectivity index (χ2n) is 8.02. The van der Waals surface area contributed by atoms with Crippen molar-refractivity contribution in [3.63, 3.8) is 0 Å². The number of amides is 1. The van der Waals surface area contributed by atoms with Gasteiger partial charge < -0.3 is 9.57 Å². The molecule has 1 fully saturated rings. The van der Waals surface area contributed by atoms with Crippen molar-refractivity contribution >= 4 is 27.9 Å². The van der Waals surface area contributed by atoms with E-state index in [4.69, 9.17) is 14.1 Å². The van der Waals surface area contributed by atoms with Crippen LogP contribution >= 0.6 is 0 Å². The van der Waals surface area contributed by atoms with Crippen LogP contribution in [0.15, 0.2) is 54.1 Å². The third kappa shape index (κ3) is 5.32. The Balaban J connectivity index is 1.24.